The summed E-state index contributed by atoms with van der Waals surface area (Å²) in [6.45, 7) is 6.30. The predicted octanol–water partition coefficient (Wildman–Crippen LogP) is 1.44. The molecule has 1 fully saturated rings. The van der Waals surface area contributed by atoms with Crippen LogP contribution in [0.4, 0.5) is 0 Å². The minimum atomic E-state index is -0.149. The molecular weight excluding hydrogens is 216 g/mol. The molecule has 102 valence electrons. The van der Waals surface area contributed by atoms with Gasteiger partial charge in [0.25, 0.3) is 0 Å². The topological polar surface area (TPSA) is 47.7 Å². The van der Waals surface area contributed by atoms with Gasteiger partial charge in [0.15, 0.2) is 6.29 Å². The molecule has 1 saturated carbocycles. The Balaban J connectivity index is 2.52. The number of hydrogen-bond acceptors (Lipinski definition) is 4. The van der Waals surface area contributed by atoms with E-state index in [0.29, 0.717) is 18.6 Å². The van der Waals surface area contributed by atoms with E-state index in [9.17, 15) is 0 Å². The Hall–Kier alpha value is -0.160. The molecule has 1 unspecified atom stereocenters. The van der Waals surface area contributed by atoms with Crippen molar-refractivity contribution >= 4 is 0 Å². The van der Waals surface area contributed by atoms with Crippen LogP contribution in [0, 0.1) is 5.92 Å². The quantitative estimate of drug-likeness (QED) is 0.624. The Morgan fingerprint density at radius 2 is 1.82 bits per heavy atom. The summed E-state index contributed by atoms with van der Waals surface area (Å²) >= 11 is 0. The lowest BCUT2D eigenvalue weighted by molar-refractivity contribution is -0.118. The van der Waals surface area contributed by atoms with E-state index in [1.807, 2.05) is 0 Å². The van der Waals surface area contributed by atoms with E-state index in [-0.39, 0.29) is 6.29 Å². The standard InChI is InChI=1S/C13H28N2O2/c1-10(2)15(9-11-5-6-11)12(8-14)7-13(16-3)17-4/h10-13H,5-9,14H2,1-4H3. The molecule has 1 rings (SSSR count). The van der Waals surface area contributed by atoms with E-state index >= 15 is 0 Å². The summed E-state index contributed by atoms with van der Waals surface area (Å²) in [5.41, 5.74) is 5.91. The van der Waals surface area contributed by atoms with Crippen molar-refractivity contribution in [3.63, 3.8) is 0 Å². The largest absolute Gasteiger partial charge is 0.356 e. The first kappa shape index (κ1) is 14.9. The molecule has 1 aliphatic rings. The number of rotatable bonds is 9. The van der Waals surface area contributed by atoms with Crippen LogP contribution in [0.25, 0.3) is 0 Å². The van der Waals surface area contributed by atoms with Gasteiger partial charge >= 0.3 is 0 Å². The number of hydrogen-bond donors (Lipinski definition) is 1. The Morgan fingerprint density at radius 3 is 2.18 bits per heavy atom. The van der Waals surface area contributed by atoms with Gasteiger partial charge in [-0.15, -0.1) is 0 Å². The van der Waals surface area contributed by atoms with E-state index in [1.54, 1.807) is 14.2 Å². The molecule has 2 N–H and O–H groups in total. The van der Waals surface area contributed by atoms with Gasteiger partial charge in [0.2, 0.25) is 0 Å². The molecule has 4 heteroatoms. The van der Waals surface area contributed by atoms with Crippen molar-refractivity contribution in [3.05, 3.63) is 0 Å². The van der Waals surface area contributed by atoms with Crippen molar-refractivity contribution in [2.24, 2.45) is 11.7 Å². The fourth-order valence-electron chi connectivity index (χ4n) is 2.26. The first-order valence-corrected chi connectivity index (χ1v) is 6.63. The number of nitrogens with zero attached hydrogens (tertiary/aromatic N) is 1. The zero-order chi connectivity index (χ0) is 12.8. The summed E-state index contributed by atoms with van der Waals surface area (Å²) in [6.07, 6.45) is 3.44. The minimum absolute atomic E-state index is 0.149. The van der Waals surface area contributed by atoms with Gasteiger partial charge in [0, 0.05) is 45.8 Å². The molecule has 0 aromatic rings. The van der Waals surface area contributed by atoms with Gasteiger partial charge in [-0.3, -0.25) is 4.90 Å². The highest BCUT2D eigenvalue weighted by Crippen LogP contribution is 2.31. The Labute approximate surface area is 105 Å². The summed E-state index contributed by atoms with van der Waals surface area (Å²) in [7, 11) is 3.37. The van der Waals surface area contributed by atoms with Crippen LogP contribution in [0.3, 0.4) is 0 Å². The lowest BCUT2D eigenvalue weighted by atomic mass is 10.1. The van der Waals surface area contributed by atoms with Crippen LogP contribution in [0.1, 0.15) is 33.1 Å². The maximum Gasteiger partial charge on any atom is 0.158 e. The zero-order valence-corrected chi connectivity index (χ0v) is 11.7. The molecule has 4 nitrogen and oxygen atoms in total. The van der Waals surface area contributed by atoms with Crippen molar-refractivity contribution in [1.82, 2.24) is 4.90 Å². The summed E-state index contributed by atoms with van der Waals surface area (Å²) in [5, 5.41) is 0. The highest BCUT2D eigenvalue weighted by Gasteiger charge is 2.30. The van der Waals surface area contributed by atoms with Gasteiger partial charge in [0.1, 0.15) is 0 Å². The maximum atomic E-state index is 5.91. The number of methoxy groups -OCH3 is 2. The molecule has 0 saturated heterocycles. The molecule has 0 amide bonds. The van der Waals surface area contributed by atoms with Gasteiger partial charge < -0.3 is 15.2 Å². The average molecular weight is 244 g/mol. The molecule has 0 aromatic carbocycles. The Kier molecular flexibility index (Phi) is 6.41. The van der Waals surface area contributed by atoms with Crippen molar-refractivity contribution in [2.45, 2.75) is 51.5 Å². The predicted molar refractivity (Wildman–Crippen MR) is 69.8 cm³/mol. The van der Waals surface area contributed by atoms with Gasteiger partial charge in [-0.25, -0.2) is 0 Å². The van der Waals surface area contributed by atoms with Crippen molar-refractivity contribution in [3.8, 4) is 0 Å². The second-order valence-electron chi connectivity index (χ2n) is 5.26. The van der Waals surface area contributed by atoms with Crippen LogP contribution < -0.4 is 5.73 Å². The fraction of sp³-hybridized carbons (Fsp3) is 1.00. The summed E-state index contributed by atoms with van der Waals surface area (Å²) in [6, 6.07) is 0.874. The average Bonchev–Trinajstić information content (AvgIpc) is 3.12. The maximum absolute atomic E-state index is 5.91. The number of nitrogens with two attached hydrogens (primary N) is 1. The van der Waals surface area contributed by atoms with Gasteiger partial charge in [-0.05, 0) is 32.6 Å². The fourth-order valence-corrected chi connectivity index (χ4v) is 2.26. The molecular formula is C13H28N2O2. The summed E-state index contributed by atoms with van der Waals surface area (Å²) in [5.74, 6) is 0.884. The van der Waals surface area contributed by atoms with E-state index < -0.39 is 0 Å². The van der Waals surface area contributed by atoms with Crippen LogP contribution >= 0.6 is 0 Å². The molecule has 0 aliphatic heterocycles. The van der Waals surface area contributed by atoms with E-state index in [0.717, 1.165) is 12.3 Å². The lowest BCUT2D eigenvalue weighted by Crippen LogP contribution is -2.47. The third kappa shape index (κ3) is 4.92. The normalized spacial score (nSPS) is 18.4. The van der Waals surface area contributed by atoms with Crippen LogP contribution in [0.5, 0.6) is 0 Å². The molecule has 1 atom stereocenters. The smallest absolute Gasteiger partial charge is 0.158 e. The van der Waals surface area contributed by atoms with Crippen LogP contribution in [-0.2, 0) is 9.47 Å². The van der Waals surface area contributed by atoms with Gasteiger partial charge in [-0.2, -0.15) is 0 Å². The monoisotopic (exact) mass is 244 g/mol. The second-order valence-corrected chi connectivity index (χ2v) is 5.26. The summed E-state index contributed by atoms with van der Waals surface area (Å²) < 4.78 is 10.6. The zero-order valence-electron chi connectivity index (χ0n) is 11.7. The second kappa shape index (κ2) is 7.31. The van der Waals surface area contributed by atoms with Crippen LogP contribution in [-0.4, -0.2) is 50.6 Å². The van der Waals surface area contributed by atoms with Crippen molar-refractivity contribution in [2.75, 3.05) is 27.3 Å². The highest BCUT2D eigenvalue weighted by molar-refractivity contribution is 4.84. The Morgan fingerprint density at radius 1 is 1.24 bits per heavy atom. The Bertz CT molecular complexity index is 204. The highest BCUT2D eigenvalue weighted by atomic mass is 16.7. The van der Waals surface area contributed by atoms with Crippen LogP contribution in [0.2, 0.25) is 0 Å². The third-order valence-electron chi connectivity index (χ3n) is 3.56. The molecule has 0 radical (unpaired) electrons. The molecule has 17 heavy (non-hydrogen) atoms. The van der Waals surface area contributed by atoms with E-state index in [2.05, 4.69) is 18.7 Å². The molecule has 1 aliphatic carbocycles. The third-order valence-corrected chi connectivity index (χ3v) is 3.56. The van der Waals surface area contributed by atoms with E-state index in [1.165, 1.54) is 19.4 Å². The molecule has 0 aromatic heterocycles. The molecule has 0 bridgehead atoms. The van der Waals surface area contributed by atoms with Crippen molar-refractivity contribution in [1.29, 1.82) is 0 Å². The SMILES string of the molecule is COC(CC(CN)N(CC1CC1)C(C)C)OC. The van der Waals surface area contributed by atoms with Gasteiger partial charge in [0.05, 0.1) is 0 Å². The molecule has 0 spiro atoms. The first-order valence-electron chi connectivity index (χ1n) is 6.63. The van der Waals surface area contributed by atoms with E-state index in [4.69, 9.17) is 15.2 Å². The molecule has 0 heterocycles. The first-order chi connectivity index (χ1) is 8.12. The lowest BCUT2D eigenvalue weighted by Gasteiger charge is -2.35. The van der Waals surface area contributed by atoms with Gasteiger partial charge in [-0.1, -0.05) is 0 Å². The summed E-state index contributed by atoms with van der Waals surface area (Å²) in [4.78, 5) is 2.50. The van der Waals surface area contributed by atoms with Crippen molar-refractivity contribution < 1.29 is 9.47 Å². The minimum Gasteiger partial charge on any atom is -0.356 e. The number of ether oxygens (including phenoxy) is 2. The van der Waals surface area contributed by atoms with Crippen LogP contribution in [0.15, 0.2) is 0 Å².